The lowest BCUT2D eigenvalue weighted by Crippen LogP contribution is -2.08. The fourth-order valence-corrected chi connectivity index (χ4v) is 0.535. The molecular formula is C9H8O5. The Hall–Kier alpha value is -2.17. The third kappa shape index (κ3) is 4.66. The van der Waals surface area contributed by atoms with Gasteiger partial charge in [0.25, 0.3) is 5.78 Å². The van der Waals surface area contributed by atoms with Gasteiger partial charge in [-0.15, -0.1) is 0 Å². The molecule has 0 atom stereocenters. The number of carboxylic acids is 1. The number of hydrogen-bond acceptors (Lipinski definition) is 4. The van der Waals surface area contributed by atoms with Gasteiger partial charge in [0.1, 0.15) is 6.29 Å². The number of allylic oxidation sites excluding steroid dienone is 4. The van der Waals surface area contributed by atoms with Crippen molar-refractivity contribution in [1.29, 1.82) is 0 Å². The van der Waals surface area contributed by atoms with Gasteiger partial charge < -0.3 is 10.2 Å². The summed E-state index contributed by atoms with van der Waals surface area (Å²) in [6.45, 7) is 0. The number of carbonyl (C=O) groups excluding carboxylic acids is 2. The highest BCUT2D eigenvalue weighted by Crippen LogP contribution is 1.97. The SMILES string of the molecule is O=C/C=C/C(=C/O)/C=C/C(=O)C(=O)O. The Kier molecular flexibility index (Phi) is 5.37. The van der Waals surface area contributed by atoms with Crippen LogP contribution in [0.1, 0.15) is 0 Å². The highest BCUT2D eigenvalue weighted by Gasteiger charge is 2.05. The van der Waals surface area contributed by atoms with E-state index in [1.54, 1.807) is 0 Å². The van der Waals surface area contributed by atoms with Crippen LogP contribution in [0.5, 0.6) is 0 Å². The highest BCUT2D eigenvalue weighted by molar-refractivity contribution is 6.37. The Morgan fingerprint density at radius 1 is 1.07 bits per heavy atom. The molecule has 0 unspecified atom stereocenters. The predicted octanol–water partition coefficient (Wildman–Crippen LogP) is 0.393. The van der Waals surface area contributed by atoms with Crippen molar-refractivity contribution in [2.75, 3.05) is 0 Å². The molecule has 0 fully saturated rings. The van der Waals surface area contributed by atoms with Crippen LogP contribution in [0.2, 0.25) is 0 Å². The summed E-state index contributed by atoms with van der Waals surface area (Å²) in [5.41, 5.74) is 0.145. The van der Waals surface area contributed by atoms with Crippen LogP contribution in [-0.4, -0.2) is 28.3 Å². The number of aliphatic carboxylic acids is 1. The Morgan fingerprint density at radius 3 is 2.14 bits per heavy atom. The Balaban J connectivity index is 4.48. The van der Waals surface area contributed by atoms with Crippen molar-refractivity contribution in [2.24, 2.45) is 0 Å². The number of aldehydes is 1. The molecule has 0 aromatic carbocycles. The zero-order chi connectivity index (χ0) is 11.0. The van der Waals surface area contributed by atoms with Gasteiger partial charge in [0.15, 0.2) is 0 Å². The van der Waals surface area contributed by atoms with Crippen LogP contribution in [0.25, 0.3) is 0 Å². The van der Waals surface area contributed by atoms with Gasteiger partial charge in [-0.1, -0.05) is 0 Å². The van der Waals surface area contributed by atoms with Crippen LogP contribution in [-0.2, 0) is 14.4 Å². The summed E-state index contributed by atoms with van der Waals surface area (Å²) in [7, 11) is 0. The molecule has 0 aromatic heterocycles. The quantitative estimate of drug-likeness (QED) is 0.218. The van der Waals surface area contributed by atoms with Crippen LogP contribution < -0.4 is 0 Å². The molecular weight excluding hydrogens is 188 g/mol. The van der Waals surface area contributed by atoms with E-state index in [0.717, 1.165) is 18.2 Å². The van der Waals surface area contributed by atoms with Gasteiger partial charge in [-0.2, -0.15) is 0 Å². The molecule has 0 rings (SSSR count). The molecule has 14 heavy (non-hydrogen) atoms. The van der Waals surface area contributed by atoms with Crippen molar-refractivity contribution in [3.8, 4) is 0 Å². The largest absolute Gasteiger partial charge is 0.515 e. The minimum atomic E-state index is -1.59. The molecule has 0 aliphatic heterocycles. The topological polar surface area (TPSA) is 91.7 Å². The molecule has 5 nitrogen and oxygen atoms in total. The first-order valence-corrected chi connectivity index (χ1v) is 3.53. The lowest BCUT2D eigenvalue weighted by atomic mass is 10.2. The van der Waals surface area contributed by atoms with Gasteiger partial charge in [-0.3, -0.25) is 9.59 Å². The van der Waals surface area contributed by atoms with Crippen molar-refractivity contribution < 1.29 is 24.6 Å². The summed E-state index contributed by atoms with van der Waals surface area (Å²) in [4.78, 5) is 30.5. The number of aliphatic hydroxyl groups is 1. The fourth-order valence-electron chi connectivity index (χ4n) is 0.535. The van der Waals surface area contributed by atoms with E-state index in [-0.39, 0.29) is 5.57 Å². The summed E-state index contributed by atoms with van der Waals surface area (Å²) >= 11 is 0. The van der Waals surface area contributed by atoms with Crippen molar-refractivity contribution in [1.82, 2.24) is 0 Å². The van der Waals surface area contributed by atoms with E-state index < -0.39 is 11.8 Å². The summed E-state index contributed by atoms with van der Waals surface area (Å²) < 4.78 is 0. The summed E-state index contributed by atoms with van der Waals surface area (Å²) in [6, 6.07) is 0. The Bertz CT molecular complexity index is 322. The van der Waals surface area contributed by atoms with Gasteiger partial charge in [-0.25, -0.2) is 4.79 Å². The molecule has 0 aromatic rings. The van der Waals surface area contributed by atoms with E-state index >= 15 is 0 Å². The van der Waals surface area contributed by atoms with E-state index in [2.05, 4.69) is 0 Å². The average molecular weight is 196 g/mol. The van der Waals surface area contributed by atoms with Crippen LogP contribution in [0.4, 0.5) is 0 Å². The third-order valence-electron chi connectivity index (χ3n) is 1.15. The predicted molar refractivity (Wildman–Crippen MR) is 47.7 cm³/mol. The normalized spacial score (nSPS) is 12.1. The Labute approximate surface area is 79.7 Å². The Morgan fingerprint density at radius 2 is 1.71 bits per heavy atom. The van der Waals surface area contributed by atoms with Crippen molar-refractivity contribution in [3.63, 3.8) is 0 Å². The van der Waals surface area contributed by atoms with Gasteiger partial charge >= 0.3 is 5.97 Å². The van der Waals surface area contributed by atoms with Crippen LogP contribution >= 0.6 is 0 Å². The van der Waals surface area contributed by atoms with E-state index in [9.17, 15) is 14.4 Å². The van der Waals surface area contributed by atoms with E-state index in [0.29, 0.717) is 12.5 Å². The van der Waals surface area contributed by atoms with Crippen molar-refractivity contribution in [3.05, 3.63) is 36.1 Å². The first kappa shape index (κ1) is 11.8. The van der Waals surface area contributed by atoms with Gasteiger partial charge in [0.2, 0.25) is 0 Å². The van der Waals surface area contributed by atoms with E-state index in [1.807, 2.05) is 0 Å². The molecule has 0 amide bonds. The van der Waals surface area contributed by atoms with Crippen LogP contribution in [0, 0.1) is 0 Å². The first-order valence-electron chi connectivity index (χ1n) is 3.53. The molecule has 0 heterocycles. The smallest absolute Gasteiger partial charge is 0.376 e. The molecule has 0 aliphatic carbocycles. The van der Waals surface area contributed by atoms with Crippen molar-refractivity contribution in [2.45, 2.75) is 0 Å². The molecule has 0 radical (unpaired) electrons. The van der Waals surface area contributed by atoms with Gasteiger partial charge in [0.05, 0.1) is 6.26 Å². The zero-order valence-electron chi connectivity index (χ0n) is 7.08. The van der Waals surface area contributed by atoms with Crippen LogP contribution in [0.15, 0.2) is 36.1 Å². The average Bonchev–Trinajstić information content (AvgIpc) is 2.17. The molecule has 74 valence electrons. The molecule has 0 aliphatic rings. The monoisotopic (exact) mass is 196 g/mol. The summed E-state index contributed by atoms with van der Waals surface area (Å²) in [6.07, 6.45) is 5.30. The number of carbonyl (C=O) groups is 3. The molecule has 0 bridgehead atoms. The number of aliphatic hydroxyl groups excluding tert-OH is 1. The second kappa shape index (κ2) is 6.36. The van der Waals surface area contributed by atoms with E-state index in [4.69, 9.17) is 10.2 Å². The number of carboxylic acid groups (broad SMARTS) is 1. The standard InChI is InChI=1S/C9H8O5/c10-5-1-2-7(6-11)3-4-8(12)9(13)14/h1-6,11H,(H,13,14)/b2-1+,4-3+,7-6-. The third-order valence-corrected chi connectivity index (χ3v) is 1.15. The molecule has 0 saturated heterocycles. The lowest BCUT2D eigenvalue weighted by molar-refractivity contribution is -0.146. The number of rotatable bonds is 5. The maximum atomic E-state index is 10.5. The highest BCUT2D eigenvalue weighted by atomic mass is 16.4. The number of hydrogen-bond donors (Lipinski definition) is 2. The first-order chi connectivity index (χ1) is 6.61. The minimum Gasteiger partial charge on any atom is -0.515 e. The second-order valence-corrected chi connectivity index (χ2v) is 2.13. The number of ketones is 1. The van der Waals surface area contributed by atoms with Gasteiger partial charge in [0, 0.05) is 5.57 Å². The summed E-state index contributed by atoms with van der Waals surface area (Å²) in [5, 5.41) is 16.8. The van der Waals surface area contributed by atoms with Crippen LogP contribution in [0.3, 0.4) is 0 Å². The van der Waals surface area contributed by atoms with Gasteiger partial charge in [-0.05, 0) is 24.3 Å². The summed E-state index contributed by atoms with van der Waals surface area (Å²) in [5.74, 6) is -2.69. The molecule has 2 N–H and O–H groups in total. The maximum Gasteiger partial charge on any atom is 0.376 e. The molecule has 0 saturated carbocycles. The molecule has 5 heteroatoms. The second-order valence-electron chi connectivity index (χ2n) is 2.13. The maximum absolute atomic E-state index is 10.5. The minimum absolute atomic E-state index is 0.145. The lowest BCUT2D eigenvalue weighted by Gasteiger charge is -1.88. The molecule has 0 spiro atoms. The van der Waals surface area contributed by atoms with E-state index in [1.165, 1.54) is 6.08 Å². The van der Waals surface area contributed by atoms with Crippen molar-refractivity contribution >= 4 is 18.0 Å². The zero-order valence-corrected chi connectivity index (χ0v) is 7.08. The fraction of sp³-hybridized carbons (Fsp3) is 0.